The average molecular weight is 388 g/mol. The predicted octanol–water partition coefficient (Wildman–Crippen LogP) is 4.32. The molecule has 3 aromatic rings. The molecule has 1 aliphatic rings. The summed E-state index contributed by atoms with van der Waals surface area (Å²) < 4.78 is 7.55. The highest BCUT2D eigenvalue weighted by Gasteiger charge is 2.30. The van der Waals surface area contributed by atoms with Gasteiger partial charge in [0.15, 0.2) is 0 Å². The number of phenolic OH excluding ortho intramolecular Hbond substituents is 1. The number of rotatable bonds is 5. The van der Waals surface area contributed by atoms with E-state index in [1.54, 1.807) is 6.07 Å². The third-order valence-corrected chi connectivity index (χ3v) is 5.53. The molecule has 29 heavy (non-hydrogen) atoms. The smallest absolute Gasteiger partial charge is 0.306 e. The molecular weight excluding hydrogens is 364 g/mol. The van der Waals surface area contributed by atoms with Crippen LogP contribution in [0.2, 0.25) is 0 Å². The molecule has 2 aromatic carbocycles. The molecule has 0 aliphatic heterocycles. The Morgan fingerprint density at radius 2 is 2.07 bits per heavy atom. The molecule has 0 saturated heterocycles. The summed E-state index contributed by atoms with van der Waals surface area (Å²) in [5.41, 5.74) is 4.91. The second-order valence-corrected chi connectivity index (χ2v) is 8.00. The van der Waals surface area contributed by atoms with Crippen molar-refractivity contribution in [2.24, 2.45) is 5.92 Å². The molecule has 1 aromatic heterocycles. The fourth-order valence-electron chi connectivity index (χ4n) is 4.33. The van der Waals surface area contributed by atoms with Crippen molar-refractivity contribution in [1.29, 1.82) is 5.26 Å². The lowest BCUT2D eigenvalue weighted by Crippen LogP contribution is -2.16. The Bertz CT molecular complexity index is 1120. The maximum Gasteiger partial charge on any atom is 0.306 e. The van der Waals surface area contributed by atoms with Gasteiger partial charge in [0.05, 0.1) is 24.3 Å². The first-order valence-corrected chi connectivity index (χ1v) is 9.96. The topological polar surface area (TPSA) is 75.2 Å². The molecule has 0 fully saturated rings. The predicted molar refractivity (Wildman–Crippen MR) is 111 cm³/mol. The van der Waals surface area contributed by atoms with Crippen LogP contribution in [0.5, 0.6) is 5.75 Å². The number of aromatic hydroxyl groups is 1. The molecule has 148 valence electrons. The number of aromatic nitrogens is 1. The van der Waals surface area contributed by atoms with Gasteiger partial charge in [-0.15, -0.1) is 0 Å². The molecule has 1 N–H and O–H groups in total. The number of carbonyl (C=O) groups is 1. The van der Waals surface area contributed by atoms with Gasteiger partial charge in [-0.1, -0.05) is 18.2 Å². The minimum atomic E-state index is -0.163. The Labute approximate surface area is 170 Å². The highest BCUT2D eigenvalue weighted by molar-refractivity contribution is 5.88. The minimum absolute atomic E-state index is 0.111. The summed E-state index contributed by atoms with van der Waals surface area (Å²) in [4.78, 5) is 12.2. The largest absolute Gasteiger partial charge is 0.508 e. The van der Waals surface area contributed by atoms with Crippen LogP contribution in [0.1, 0.15) is 42.7 Å². The van der Waals surface area contributed by atoms with Gasteiger partial charge in [0, 0.05) is 28.6 Å². The van der Waals surface area contributed by atoms with Crippen molar-refractivity contribution in [3.05, 3.63) is 64.8 Å². The van der Waals surface area contributed by atoms with E-state index in [4.69, 9.17) is 4.74 Å². The molecule has 1 atom stereocenters. The molecule has 1 aliphatic carbocycles. The van der Waals surface area contributed by atoms with Crippen molar-refractivity contribution in [3.8, 4) is 11.8 Å². The van der Waals surface area contributed by atoms with Crippen LogP contribution >= 0.6 is 0 Å². The zero-order valence-corrected chi connectivity index (χ0v) is 16.7. The molecule has 0 unspecified atom stereocenters. The first-order valence-electron chi connectivity index (χ1n) is 9.96. The van der Waals surface area contributed by atoms with Crippen molar-refractivity contribution >= 4 is 16.9 Å². The molecule has 0 saturated carbocycles. The van der Waals surface area contributed by atoms with Gasteiger partial charge in [0.1, 0.15) is 5.75 Å². The Hall–Kier alpha value is -3.26. The van der Waals surface area contributed by atoms with Gasteiger partial charge >= 0.3 is 5.97 Å². The Kier molecular flexibility index (Phi) is 5.02. The number of fused-ring (bicyclic) bond motifs is 3. The van der Waals surface area contributed by atoms with Crippen LogP contribution < -0.4 is 0 Å². The van der Waals surface area contributed by atoms with E-state index in [-0.39, 0.29) is 23.7 Å². The molecule has 1 heterocycles. The highest BCUT2D eigenvalue weighted by Crippen LogP contribution is 2.38. The quantitative estimate of drug-likeness (QED) is 0.661. The van der Waals surface area contributed by atoms with Crippen molar-refractivity contribution in [3.63, 3.8) is 0 Å². The fourth-order valence-corrected chi connectivity index (χ4v) is 4.33. The lowest BCUT2D eigenvalue weighted by molar-refractivity contribution is -0.148. The SMILES string of the molecule is CC(C)OC(=O)C[C@H]1Cc2c(n(Cc3ccccc3O)c3ccc(C#N)cc23)C1. The van der Waals surface area contributed by atoms with E-state index in [9.17, 15) is 15.2 Å². The molecule has 0 spiro atoms. The van der Waals surface area contributed by atoms with Crippen molar-refractivity contribution in [1.82, 2.24) is 4.57 Å². The van der Waals surface area contributed by atoms with E-state index in [1.165, 1.54) is 11.3 Å². The third kappa shape index (κ3) is 3.71. The lowest BCUT2D eigenvalue weighted by Gasteiger charge is -2.14. The van der Waals surface area contributed by atoms with Gasteiger partial charge < -0.3 is 14.4 Å². The number of ether oxygens (including phenoxy) is 1. The van der Waals surface area contributed by atoms with Crippen molar-refractivity contribution in [2.45, 2.75) is 45.8 Å². The third-order valence-electron chi connectivity index (χ3n) is 5.53. The number of para-hydroxylation sites is 1. The molecule has 5 heteroatoms. The van der Waals surface area contributed by atoms with Crippen LogP contribution in [0, 0.1) is 17.2 Å². The van der Waals surface area contributed by atoms with E-state index in [0.29, 0.717) is 18.5 Å². The van der Waals surface area contributed by atoms with Crippen LogP contribution in [0.3, 0.4) is 0 Å². The molecule has 4 rings (SSSR count). The second kappa shape index (κ2) is 7.63. The van der Waals surface area contributed by atoms with Gasteiger partial charge in [-0.25, -0.2) is 0 Å². The maximum atomic E-state index is 12.2. The number of nitrogens with zero attached hydrogens (tertiary/aromatic N) is 2. The Balaban J connectivity index is 1.72. The molecule has 0 radical (unpaired) electrons. The molecule has 5 nitrogen and oxygen atoms in total. The lowest BCUT2D eigenvalue weighted by atomic mass is 10.0. The zero-order chi connectivity index (χ0) is 20.5. The van der Waals surface area contributed by atoms with Gasteiger partial charge in [0.25, 0.3) is 0 Å². The van der Waals surface area contributed by atoms with Crippen LogP contribution in [0.25, 0.3) is 10.9 Å². The fraction of sp³-hybridized carbons (Fsp3) is 0.333. The average Bonchev–Trinajstić information content (AvgIpc) is 3.20. The van der Waals surface area contributed by atoms with E-state index in [1.807, 2.05) is 50.2 Å². The van der Waals surface area contributed by atoms with Crippen molar-refractivity contribution in [2.75, 3.05) is 0 Å². The molecular formula is C24H24N2O3. The number of hydrogen-bond donors (Lipinski definition) is 1. The van der Waals surface area contributed by atoms with E-state index >= 15 is 0 Å². The van der Waals surface area contributed by atoms with E-state index in [2.05, 4.69) is 10.6 Å². The normalized spacial score (nSPS) is 15.4. The van der Waals surface area contributed by atoms with Gasteiger partial charge in [-0.05, 0) is 62.4 Å². The second-order valence-electron chi connectivity index (χ2n) is 8.00. The molecule has 0 amide bonds. The number of hydrogen-bond acceptors (Lipinski definition) is 4. The summed E-state index contributed by atoms with van der Waals surface area (Å²) >= 11 is 0. The number of benzene rings is 2. The summed E-state index contributed by atoms with van der Waals surface area (Å²) in [6.45, 7) is 4.27. The Morgan fingerprint density at radius 3 is 2.79 bits per heavy atom. The van der Waals surface area contributed by atoms with Gasteiger partial charge in [-0.3, -0.25) is 4.79 Å². The maximum absolute atomic E-state index is 12.2. The van der Waals surface area contributed by atoms with Crippen LogP contribution in [0.15, 0.2) is 42.5 Å². The van der Waals surface area contributed by atoms with Crippen LogP contribution in [-0.2, 0) is 28.9 Å². The summed E-state index contributed by atoms with van der Waals surface area (Å²) in [6.07, 6.45) is 1.86. The van der Waals surface area contributed by atoms with E-state index in [0.717, 1.165) is 29.3 Å². The number of carbonyl (C=O) groups excluding carboxylic acids is 1. The number of esters is 1. The van der Waals surface area contributed by atoms with E-state index < -0.39 is 0 Å². The van der Waals surface area contributed by atoms with Gasteiger partial charge in [-0.2, -0.15) is 5.26 Å². The summed E-state index contributed by atoms with van der Waals surface area (Å²) in [5, 5.41) is 20.6. The van der Waals surface area contributed by atoms with Crippen LogP contribution in [-0.4, -0.2) is 21.7 Å². The highest BCUT2D eigenvalue weighted by atomic mass is 16.5. The minimum Gasteiger partial charge on any atom is -0.508 e. The summed E-state index contributed by atoms with van der Waals surface area (Å²) in [6, 6.07) is 15.3. The standard InChI is InChI=1S/C24H24N2O3/c1-15(2)29-24(28)12-17-10-20-19-9-16(13-25)7-8-21(19)26(22(20)11-17)14-18-5-3-4-6-23(18)27/h3-9,15,17,27H,10-12,14H2,1-2H3/t17-/m0/s1. The first kappa shape index (κ1) is 19.1. The monoisotopic (exact) mass is 388 g/mol. The zero-order valence-electron chi connectivity index (χ0n) is 16.7. The Morgan fingerprint density at radius 1 is 1.28 bits per heavy atom. The first-order chi connectivity index (χ1) is 14.0. The number of phenols is 1. The number of nitriles is 1. The van der Waals surface area contributed by atoms with Crippen molar-refractivity contribution < 1.29 is 14.6 Å². The summed E-state index contributed by atoms with van der Waals surface area (Å²) in [5.74, 6) is 0.299. The van der Waals surface area contributed by atoms with Gasteiger partial charge in [0.2, 0.25) is 0 Å². The molecule has 0 bridgehead atoms. The van der Waals surface area contributed by atoms with Crippen LogP contribution in [0.4, 0.5) is 0 Å². The summed E-state index contributed by atoms with van der Waals surface area (Å²) in [7, 11) is 0.